The van der Waals surface area contributed by atoms with Gasteiger partial charge < -0.3 is 20.2 Å². The number of thiophene rings is 1. The Kier molecular flexibility index (Phi) is 6.01. The first-order valence-corrected chi connectivity index (χ1v) is 10.2. The number of amides is 1. The first-order chi connectivity index (χ1) is 12.9. The van der Waals surface area contributed by atoms with Gasteiger partial charge in [0.15, 0.2) is 5.76 Å². The van der Waals surface area contributed by atoms with Gasteiger partial charge in [-0.15, -0.1) is 23.1 Å². The molecule has 0 aliphatic heterocycles. The van der Waals surface area contributed by atoms with Gasteiger partial charge in [-0.05, 0) is 36.6 Å². The second kappa shape index (κ2) is 8.26. The first kappa shape index (κ1) is 19.6. The van der Waals surface area contributed by atoms with Crippen molar-refractivity contribution in [1.29, 1.82) is 5.41 Å². The molecule has 140 valence electrons. The number of benzene rings is 1. The molecule has 0 bridgehead atoms. The number of furan rings is 1. The predicted octanol–water partition coefficient (Wildman–Crippen LogP) is 5.70. The van der Waals surface area contributed by atoms with Gasteiger partial charge in [0.1, 0.15) is 11.6 Å². The van der Waals surface area contributed by atoms with Gasteiger partial charge in [-0.3, -0.25) is 10.2 Å². The number of rotatable bonds is 6. The molecule has 3 rings (SSSR count). The molecular weight excluding hydrogens is 429 g/mol. The minimum atomic E-state index is -0.447. The van der Waals surface area contributed by atoms with Crippen LogP contribution in [0.2, 0.25) is 10.0 Å². The second-order valence-corrected chi connectivity index (χ2v) is 8.21. The molecule has 0 saturated heterocycles. The van der Waals surface area contributed by atoms with Crippen LogP contribution in [0.5, 0.6) is 11.7 Å². The van der Waals surface area contributed by atoms with E-state index in [9.17, 15) is 4.79 Å². The Morgan fingerprint density at radius 2 is 1.96 bits per heavy atom. The normalized spacial score (nSPS) is 10.6. The lowest BCUT2D eigenvalue weighted by molar-refractivity contribution is 0.0991. The summed E-state index contributed by atoms with van der Waals surface area (Å²) in [5, 5.41) is 11.1. The lowest BCUT2D eigenvalue weighted by Gasteiger charge is -2.04. The zero-order valence-corrected chi connectivity index (χ0v) is 17.0. The molecule has 2 heterocycles. The van der Waals surface area contributed by atoms with E-state index in [0.29, 0.717) is 26.4 Å². The van der Waals surface area contributed by atoms with Crippen LogP contribution in [0.25, 0.3) is 0 Å². The van der Waals surface area contributed by atoms with E-state index in [1.165, 1.54) is 35.2 Å². The van der Waals surface area contributed by atoms with Crippen molar-refractivity contribution in [2.45, 2.75) is 4.21 Å². The molecule has 10 heteroatoms. The molecule has 0 radical (unpaired) electrons. The van der Waals surface area contributed by atoms with Crippen LogP contribution in [0, 0.1) is 5.41 Å². The van der Waals surface area contributed by atoms with Gasteiger partial charge in [0, 0.05) is 16.1 Å². The van der Waals surface area contributed by atoms with Crippen LogP contribution in [-0.2, 0) is 0 Å². The Morgan fingerprint density at radius 1 is 1.26 bits per heavy atom. The minimum Gasteiger partial charge on any atom is -0.426 e. The summed E-state index contributed by atoms with van der Waals surface area (Å²) in [6, 6.07) is 9.41. The maximum absolute atomic E-state index is 12.4. The van der Waals surface area contributed by atoms with Gasteiger partial charge in [0.05, 0.1) is 14.8 Å². The molecule has 6 nitrogen and oxygen atoms in total. The molecule has 27 heavy (non-hydrogen) atoms. The summed E-state index contributed by atoms with van der Waals surface area (Å²) in [6.45, 7) is 0. The Bertz CT molecular complexity index is 997. The van der Waals surface area contributed by atoms with E-state index in [1.54, 1.807) is 24.3 Å². The van der Waals surface area contributed by atoms with Crippen molar-refractivity contribution < 1.29 is 13.9 Å². The van der Waals surface area contributed by atoms with Gasteiger partial charge in [-0.25, -0.2) is 0 Å². The van der Waals surface area contributed by atoms with Crippen molar-refractivity contribution >= 4 is 63.7 Å². The molecule has 4 N–H and O–H groups in total. The number of hydrogen-bond acceptors (Lipinski definition) is 6. The summed E-state index contributed by atoms with van der Waals surface area (Å²) < 4.78 is 11.8. The van der Waals surface area contributed by atoms with Crippen molar-refractivity contribution in [2.75, 3.05) is 11.6 Å². The number of nitrogens with one attached hydrogen (secondary N) is 2. The fourth-order valence-electron chi connectivity index (χ4n) is 2.13. The average Bonchev–Trinajstić information content (AvgIpc) is 3.20. The monoisotopic (exact) mass is 441 g/mol. The smallest absolute Gasteiger partial charge is 0.291 e. The third kappa shape index (κ3) is 4.78. The topological polar surface area (TPSA) is 101 Å². The zero-order valence-electron chi connectivity index (χ0n) is 13.8. The molecule has 1 amide bonds. The van der Waals surface area contributed by atoms with E-state index in [-0.39, 0.29) is 17.5 Å². The standard InChI is InChI=1S/C17H13Cl2N3O3S2/c1-26-17-11(7-13(27-17)15(20)21)22-16(23)12-2-3-14(25-12)24-10-5-8(18)4-9(19)6-10/h2-7H,1H3,(H3,20,21)(H,22,23). The Balaban J connectivity index is 1.74. The van der Waals surface area contributed by atoms with E-state index < -0.39 is 5.91 Å². The van der Waals surface area contributed by atoms with Crippen LogP contribution in [-0.4, -0.2) is 18.0 Å². The Morgan fingerprint density at radius 3 is 2.59 bits per heavy atom. The highest BCUT2D eigenvalue weighted by atomic mass is 35.5. The summed E-state index contributed by atoms with van der Waals surface area (Å²) in [4.78, 5) is 13.0. The number of thioether (sulfide) groups is 1. The number of anilines is 1. The molecule has 1 aromatic carbocycles. The van der Waals surface area contributed by atoms with Crippen LogP contribution < -0.4 is 15.8 Å². The number of carbonyl (C=O) groups excluding carboxylic acids is 1. The average molecular weight is 442 g/mol. The summed E-state index contributed by atoms with van der Waals surface area (Å²) in [7, 11) is 0. The molecule has 0 unspecified atom stereocenters. The van der Waals surface area contributed by atoms with Crippen LogP contribution in [0.1, 0.15) is 15.4 Å². The van der Waals surface area contributed by atoms with Crippen molar-refractivity contribution in [3.63, 3.8) is 0 Å². The number of amidine groups is 1. The van der Waals surface area contributed by atoms with Gasteiger partial charge in [0.25, 0.3) is 11.9 Å². The quantitative estimate of drug-likeness (QED) is 0.258. The van der Waals surface area contributed by atoms with E-state index >= 15 is 0 Å². The lowest BCUT2D eigenvalue weighted by Crippen LogP contribution is -2.11. The molecule has 3 aromatic rings. The number of halogens is 2. The summed E-state index contributed by atoms with van der Waals surface area (Å²) in [5.41, 5.74) is 6.08. The van der Waals surface area contributed by atoms with Gasteiger partial charge in [-0.1, -0.05) is 23.2 Å². The molecule has 0 aliphatic carbocycles. The van der Waals surface area contributed by atoms with Crippen molar-refractivity contribution in [3.8, 4) is 11.7 Å². The Labute approximate surface area is 173 Å². The molecule has 2 aromatic heterocycles. The van der Waals surface area contributed by atoms with Crippen LogP contribution >= 0.6 is 46.3 Å². The van der Waals surface area contributed by atoms with Gasteiger partial charge in [0.2, 0.25) is 0 Å². The zero-order chi connectivity index (χ0) is 19.6. The van der Waals surface area contributed by atoms with Gasteiger partial charge >= 0.3 is 0 Å². The number of nitrogen functional groups attached to an aromatic ring is 1. The Hall–Kier alpha value is -2.13. The highest BCUT2D eigenvalue weighted by Crippen LogP contribution is 2.35. The fraction of sp³-hybridized carbons (Fsp3) is 0.0588. The van der Waals surface area contributed by atoms with Crippen molar-refractivity contribution in [3.05, 3.63) is 57.1 Å². The van der Waals surface area contributed by atoms with E-state index in [4.69, 9.17) is 43.5 Å². The second-order valence-electron chi connectivity index (χ2n) is 5.21. The van der Waals surface area contributed by atoms with Crippen molar-refractivity contribution in [2.24, 2.45) is 5.73 Å². The first-order valence-electron chi connectivity index (χ1n) is 7.43. The highest BCUT2D eigenvalue weighted by molar-refractivity contribution is 8.00. The summed E-state index contributed by atoms with van der Waals surface area (Å²) in [6.07, 6.45) is 1.88. The number of carbonyl (C=O) groups is 1. The minimum absolute atomic E-state index is 0.0512. The third-order valence-electron chi connectivity index (χ3n) is 3.26. The molecule has 0 saturated carbocycles. The van der Waals surface area contributed by atoms with Crippen LogP contribution in [0.3, 0.4) is 0 Å². The SMILES string of the molecule is CSc1sc(C(=N)N)cc1NC(=O)c1ccc(Oc2cc(Cl)cc(Cl)c2)o1. The fourth-order valence-corrected chi connectivity index (χ4v) is 4.28. The van der Waals surface area contributed by atoms with Crippen molar-refractivity contribution in [1.82, 2.24) is 0 Å². The highest BCUT2D eigenvalue weighted by Gasteiger charge is 2.17. The third-order valence-corrected chi connectivity index (χ3v) is 6.00. The predicted molar refractivity (Wildman–Crippen MR) is 110 cm³/mol. The lowest BCUT2D eigenvalue weighted by atomic mass is 10.3. The maximum Gasteiger partial charge on any atom is 0.291 e. The number of nitrogens with two attached hydrogens (primary N) is 1. The number of hydrogen-bond donors (Lipinski definition) is 3. The van der Waals surface area contributed by atoms with E-state index in [2.05, 4.69) is 5.32 Å². The summed E-state index contributed by atoms with van der Waals surface area (Å²) >= 11 is 14.6. The van der Waals surface area contributed by atoms with E-state index in [1.807, 2.05) is 6.26 Å². The molecule has 0 aliphatic rings. The van der Waals surface area contributed by atoms with Crippen LogP contribution in [0.15, 0.2) is 45.0 Å². The maximum atomic E-state index is 12.4. The molecule has 0 fully saturated rings. The van der Waals surface area contributed by atoms with E-state index in [0.717, 1.165) is 4.21 Å². The van der Waals surface area contributed by atoms with Crippen LogP contribution in [0.4, 0.5) is 5.69 Å². The summed E-state index contributed by atoms with van der Waals surface area (Å²) in [5.74, 6) is 0.0864. The largest absolute Gasteiger partial charge is 0.426 e. The van der Waals surface area contributed by atoms with Gasteiger partial charge in [-0.2, -0.15) is 0 Å². The number of ether oxygens (including phenoxy) is 1. The molecular formula is C17H13Cl2N3O3S2. The molecule has 0 atom stereocenters. The molecule has 0 spiro atoms.